The Bertz CT molecular complexity index is 534. The Labute approximate surface area is 103 Å². The molecule has 0 saturated carbocycles. The monoisotopic (exact) mass is 252 g/mol. The molecule has 88 valence electrons. The topological polar surface area (TPSA) is 48.1 Å². The quantitative estimate of drug-likeness (QED) is 0.913. The molecule has 3 nitrogen and oxygen atoms in total. The van der Waals surface area contributed by atoms with E-state index in [1.165, 1.54) is 6.20 Å². The maximum Gasteiger partial charge on any atom is 0.255 e. The summed E-state index contributed by atoms with van der Waals surface area (Å²) >= 11 is 5.60. The van der Waals surface area contributed by atoms with Gasteiger partial charge in [0.15, 0.2) is 5.82 Å². The summed E-state index contributed by atoms with van der Waals surface area (Å²) in [6, 6.07) is 8.28. The fraction of sp³-hybridized carbons (Fsp3) is 0.0833. The number of aromatic nitrogens is 1. The van der Waals surface area contributed by atoms with E-state index < -0.39 is 5.82 Å². The van der Waals surface area contributed by atoms with Gasteiger partial charge >= 0.3 is 0 Å². The number of nitrogens with two attached hydrogens (primary N) is 1. The number of pyridine rings is 1. The lowest BCUT2D eigenvalue weighted by Gasteiger charge is -2.09. The van der Waals surface area contributed by atoms with Crippen LogP contribution in [0.3, 0.4) is 0 Å². The highest BCUT2D eigenvalue weighted by atomic mass is 35.5. The molecule has 0 aliphatic rings. The number of benzene rings is 1. The number of rotatable bonds is 3. The summed E-state index contributed by atoms with van der Waals surface area (Å²) in [6.45, 7) is 0.311. The lowest BCUT2D eigenvalue weighted by atomic mass is 10.2. The van der Waals surface area contributed by atoms with Crippen molar-refractivity contribution in [2.24, 2.45) is 5.73 Å². The molecule has 0 aliphatic heterocycles. The summed E-state index contributed by atoms with van der Waals surface area (Å²) in [5.41, 5.74) is 6.33. The zero-order chi connectivity index (χ0) is 12.3. The summed E-state index contributed by atoms with van der Waals surface area (Å²) in [5, 5.41) is 0.224. The van der Waals surface area contributed by atoms with Gasteiger partial charge in [-0.3, -0.25) is 0 Å². The molecule has 0 radical (unpaired) electrons. The largest absolute Gasteiger partial charge is 0.436 e. The average molecular weight is 253 g/mol. The second kappa shape index (κ2) is 5.12. The van der Waals surface area contributed by atoms with Gasteiger partial charge in [-0.15, -0.1) is 0 Å². The van der Waals surface area contributed by atoms with E-state index in [1.54, 1.807) is 12.1 Å². The molecule has 0 atom stereocenters. The minimum Gasteiger partial charge on any atom is -0.436 e. The number of hydrogen-bond acceptors (Lipinski definition) is 3. The summed E-state index contributed by atoms with van der Waals surface area (Å²) in [5.74, 6) is -0.233. The van der Waals surface area contributed by atoms with E-state index in [0.29, 0.717) is 12.3 Å². The summed E-state index contributed by atoms with van der Waals surface area (Å²) in [6.07, 6.45) is 1.32. The van der Waals surface area contributed by atoms with E-state index in [-0.39, 0.29) is 10.9 Å². The van der Waals surface area contributed by atoms with Crippen molar-refractivity contribution in [1.82, 2.24) is 4.98 Å². The van der Waals surface area contributed by atoms with Crippen LogP contribution in [0.25, 0.3) is 0 Å². The SMILES string of the molecule is NCc1ccccc1Oc1ncc(Cl)cc1F. The van der Waals surface area contributed by atoms with Gasteiger partial charge in [0.05, 0.1) is 5.02 Å². The van der Waals surface area contributed by atoms with Crippen LogP contribution in [-0.2, 0) is 6.54 Å². The van der Waals surface area contributed by atoms with Crippen molar-refractivity contribution >= 4 is 11.6 Å². The van der Waals surface area contributed by atoms with Gasteiger partial charge in [-0.1, -0.05) is 29.8 Å². The van der Waals surface area contributed by atoms with Gasteiger partial charge in [-0.2, -0.15) is 0 Å². The van der Waals surface area contributed by atoms with Crippen LogP contribution >= 0.6 is 11.6 Å². The van der Waals surface area contributed by atoms with Gasteiger partial charge in [0.1, 0.15) is 5.75 Å². The summed E-state index contributed by atoms with van der Waals surface area (Å²) in [4.78, 5) is 3.78. The van der Waals surface area contributed by atoms with E-state index in [1.807, 2.05) is 12.1 Å². The minimum atomic E-state index is -0.607. The van der Waals surface area contributed by atoms with Crippen molar-refractivity contribution in [3.63, 3.8) is 0 Å². The molecule has 1 aromatic carbocycles. The van der Waals surface area contributed by atoms with Gasteiger partial charge in [0.25, 0.3) is 5.88 Å². The first-order valence-electron chi connectivity index (χ1n) is 4.97. The molecule has 1 heterocycles. The van der Waals surface area contributed by atoms with Crippen LogP contribution in [0.5, 0.6) is 11.6 Å². The molecule has 0 spiro atoms. The van der Waals surface area contributed by atoms with E-state index in [2.05, 4.69) is 4.98 Å². The summed E-state index contributed by atoms with van der Waals surface area (Å²) in [7, 11) is 0. The molecule has 17 heavy (non-hydrogen) atoms. The second-order valence-electron chi connectivity index (χ2n) is 3.35. The van der Waals surface area contributed by atoms with Crippen LogP contribution in [0, 0.1) is 5.82 Å². The molecule has 2 rings (SSSR count). The molecule has 2 aromatic rings. The number of para-hydroxylation sites is 1. The van der Waals surface area contributed by atoms with Crippen LogP contribution in [0.4, 0.5) is 4.39 Å². The first-order chi connectivity index (χ1) is 8.20. The zero-order valence-corrected chi connectivity index (χ0v) is 9.62. The molecule has 2 N–H and O–H groups in total. The van der Waals surface area contributed by atoms with E-state index in [0.717, 1.165) is 11.6 Å². The molecule has 0 bridgehead atoms. The van der Waals surface area contributed by atoms with Crippen molar-refractivity contribution in [2.75, 3.05) is 0 Å². The van der Waals surface area contributed by atoms with Crippen molar-refractivity contribution in [1.29, 1.82) is 0 Å². The van der Waals surface area contributed by atoms with Crippen LogP contribution in [0.15, 0.2) is 36.5 Å². The third-order valence-electron chi connectivity index (χ3n) is 2.17. The maximum absolute atomic E-state index is 13.5. The molecule has 0 unspecified atom stereocenters. The van der Waals surface area contributed by atoms with E-state index >= 15 is 0 Å². The molecule has 0 aliphatic carbocycles. The van der Waals surface area contributed by atoms with Gasteiger partial charge in [0, 0.05) is 18.3 Å². The molecular weight excluding hydrogens is 243 g/mol. The molecule has 5 heteroatoms. The first kappa shape index (κ1) is 11.8. The number of ether oxygens (including phenoxy) is 1. The van der Waals surface area contributed by atoms with Crippen molar-refractivity contribution in [3.8, 4) is 11.6 Å². The summed E-state index contributed by atoms with van der Waals surface area (Å²) < 4.78 is 18.8. The predicted octanol–water partition coefficient (Wildman–Crippen LogP) is 3.13. The number of halogens is 2. The third-order valence-corrected chi connectivity index (χ3v) is 2.38. The van der Waals surface area contributed by atoms with E-state index in [9.17, 15) is 4.39 Å². The highest BCUT2D eigenvalue weighted by molar-refractivity contribution is 6.30. The van der Waals surface area contributed by atoms with Crippen molar-refractivity contribution < 1.29 is 9.13 Å². The van der Waals surface area contributed by atoms with Crippen LogP contribution in [-0.4, -0.2) is 4.98 Å². The Morgan fingerprint density at radius 2 is 2.12 bits per heavy atom. The lowest BCUT2D eigenvalue weighted by molar-refractivity contribution is 0.419. The minimum absolute atomic E-state index is 0.115. The van der Waals surface area contributed by atoms with Crippen LogP contribution < -0.4 is 10.5 Å². The fourth-order valence-corrected chi connectivity index (χ4v) is 1.50. The first-order valence-corrected chi connectivity index (χ1v) is 5.35. The molecule has 1 aromatic heterocycles. The van der Waals surface area contributed by atoms with Gasteiger partial charge in [-0.05, 0) is 12.1 Å². The Hall–Kier alpha value is -1.65. The Morgan fingerprint density at radius 1 is 1.35 bits per heavy atom. The number of nitrogens with zero attached hydrogens (tertiary/aromatic N) is 1. The number of hydrogen-bond donors (Lipinski definition) is 1. The Morgan fingerprint density at radius 3 is 2.82 bits per heavy atom. The van der Waals surface area contributed by atoms with Crippen molar-refractivity contribution in [2.45, 2.75) is 6.54 Å². The molecule has 0 fully saturated rings. The standard InChI is InChI=1S/C12H10ClFN2O/c13-9-5-10(14)12(16-7-9)17-11-4-2-1-3-8(11)6-15/h1-5,7H,6,15H2. The molecular formula is C12H10ClFN2O. The zero-order valence-electron chi connectivity index (χ0n) is 8.86. The Balaban J connectivity index is 2.31. The van der Waals surface area contributed by atoms with Gasteiger partial charge < -0.3 is 10.5 Å². The maximum atomic E-state index is 13.5. The van der Waals surface area contributed by atoms with Gasteiger partial charge in [-0.25, -0.2) is 9.37 Å². The van der Waals surface area contributed by atoms with Crippen LogP contribution in [0.2, 0.25) is 5.02 Å². The predicted molar refractivity (Wildman–Crippen MR) is 63.6 cm³/mol. The highest BCUT2D eigenvalue weighted by Crippen LogP contribution is 2.26. The highest BCUT2D eigenvalue weighted by Gasteiger charge is 2.09. The fourth-order valence-electron chi connectivity index (χ4n) is 1.35. The third kappa shape index (κ3) is 2.72. The van der Waals surface area contributed by atoms with Crippen molar-refractivity contribution in [3.05, 3.63) is 52.9 Å². The van der Waals surface area contributed by atoms with Crippen LogP contribution in [0.1, 0.15) is 5.56 Å². The lowest BCUT2D eigenvalue weighted by Crippen LogP contribution is -2.00. The molecule has 0 amide bonds. The van der Waals surface area contributed by atoms with E-state index in [4.69, 9.17) is 22.1 Å². The van der Waals surface area contributed by atoms with Gasteiger partial charge in [0.2, 0.25) is 0 Å². The second-order valence-corrected chi connectivity index (χ2v) is 3.79. The normalized spacial score (nSPS) is 10.3. The Kier molecular flexibility index (Phi) is 3.56. The molecule has 0 saturated heterocycles. The smallest absolute Gasteiger partial charge is 0.255 e. The average Bonchev–Trinajstić information content (AvgIpc) is 2.33.